The Labute approximate surface area is 117 Å². The summed E-state index contributed by atoms with van der Waals surface area (Å²) in [6.45, 7) is 1.81. The third kappa shape index (κ3) is 2.97. The molecule has 0 radical (unpaired) electrons. The zero-order chi connectivity index (χ0) is 14.0. The molecule has 0 fully saturated rings. The van der Waals surface area contributed by atoms with Crippen molar-refractivity contribution in [3.8, 4) is 0 Å². The van der Waals surface area contributed by atoms with Crippen LogP contribution >= 0.6 is 11.6 Å². The number of aromatic nitrogens is 2. The van der Waals surface area contributed by atoms with Gasteiger partial charge >= 0.3 is 0 Å². The first kappa shape index (κ1) is 14.1. The number of nitrogens with zero attached hydrogens (tertiary/aromatic N) is 2. The van der Waals surface area contributed by atoms with Crippen LogP contribution in [0, 0.1) is 6.92 Å². The van der Waals surface area contributed by atoms with Crippen LogP contribution in [0.25, 0.3) is 0 Å². The SMILES string of the molecule is Cc1nn(C)c(CC(O)C(O)c2ccccc2)c1Cl. The normalized spacial score (nSPS) is 14.4. The number of aliphatic hydroxyl groups is 2. The van der Waals surface area contributed by atoms with E-state index in [0.717, 1.165) is 11.4 Å². The van der Waals surface area contributed by atoms with Crippen molar-refractivity contribution in [2.75, 3.05) is 0 Å². The first-order valence-electron chi connectivity index (χ1n) is 6.09. The van der Waals surface area contributed by atoms with E-state index in [1.165, 1.54) is 0 Å². The number of benzene rings is 1. The van der Waals surface area contributed by atoms with Crippen molar-refractivity contribution < 1.29 is 10.2 Å². The third-order valence-corrected chi connectivity index (χ3v) is 3.66. The fourth-order valence-corrected chi connectivity index (χ4v) is 2.32. The lowest BCUT2D eigenvalue weighted by molar-refractivity contribution is 0.0179. The molecule has 102 valence electrons. The van der Waals surface area contributed by atoms with E-state index < -0.39 is 12.2 Å². The van der Waals surface area contributed by atoms with Crippen molar-refractivity contribution in [3.63, 3.8) is 0 Å². The largest absolute Gasteiger partial charge is 0.390 e. The first-order valence-corrected chi connectivity index (χ1v) is 6.47. The van der Waals surface area contributed by atoms with E-state index in [9.17, 15) is 10.2 Å². The molecule has 2 unspecified atom stereocenters. The van der Waals surface area contributed by atoms with Gasteiger partial charge in [0, 0.05) is 13.5 Å². The second-order valence-corrected chi connectivity index (χ2v) is 4.97. The lowest BCUT2D eigenvalue weighted by Gasteiger charge is -2.18. The van der Waals surface area contributed by atoms with E-state index in [1.807, 2.05) is 25.1 Å². The molecule has 0 saturated heterocycles. The number of hydrogen-bond donors (Lipinski definition) is 2. The van der Waals surface area contributed by atoms with Crippen molar-refractivity contribution in [3.05, 3.63) is 52.3 Å². The Kier molecular flexibility index (Phi) is 4.24. The van der Waals surface area contributed by atoms with Gasteiger partial charge in [0.25, 0.3) is 0 Å². The lowest BCUT2D eigenvalue weighted by atomic mass is 10.0. The van der Waals surface area contributed by atoms with E-state index in [1.54, 1.807) is 23.9 Å². The monoisotopic (exact) mass is 280 g/mol. The van der Waals surface area contributed by atoms with E-state index in [4.69, 9.17) is 11.6 Å². The molecule has 0 saturated carbocycles. The highest BCUT2D eigenvalue weighted by Gasteiger charge is 2.22. The van der Waals surface area contributed by atoms with E-state index >= 15 is 0 Å². The van der Waals surface area contributed by atoms with Gasteiger partial charge in [0.05, 0.1) is 22.5 Å². The van der Waals surface area contributed by atoms with Crippen LogP contribution in [0.5, 0.6) is 0 Å². The first-order chi connectivity index (χ1) is 9.00. The molecule has 2 aromatic rings. The van der Waals surface area contributed by atoms with Crippen molar-refractivity contribution in [2.24, 2.45) is 7.05 Å². The molecular weight excluding hydrogens is 264 g/mol. The Morgan fingerprint density at radius 2 is 1.89 bits per heavy atom. The predicted octanol–water partition coefficient (Wildman–Crippen LogP) is 2.02. The minimum atomic E-state index is -0.938. The predicted molar refractivity (Wildman–Crippen MR) is 74.1 cm³/mol. The second kappa shape index (κ2) is 5.74. The van der Waals surface area contributed by atoms with Gasteiger partial charge < -0.3 is 10.2 Å². The molecule has 1 heterocycles. The fraction of sp³-hybridized carbons (Fsp3) is 0.357. The van der Waals surface area contributed by atoms with Crippen LogP contribution in [0.4, 0.5) is 0 Å². The molecule has 1 aromatic carbocycles. The summed E-state index contributed by atoms with van der Waals surface area (Å²) in [6, 6.07) is 9.08. The number of aliphatic hydroxyl groups excluding tert-OH is 2. The maximum Gasteiger partial charge on any atom is 0.105 e. The molecular formula is C14H17ClN2O2. The van der Waals surface area contributed by atoms with Gasteiger partial charge in [-0.15, -0.1) is 0 Å². The van der Waals surface area contributed by atoms with Gasteiger partial charge in [-0.3, -0.25) is 4.68 Å². The van der Waals surface area contributed by atoms with Gasteiger partial charge in [0.1, 0.15) is 6.10 Å². The second-order valence-electron chi connectivity index (χ2n) is 4.60. The molecule has 2 atom stereocenters. The number of hydrogen-bond acceptors (Lipinski definition) is 3. The summed E-state index contributed by atoms with van der Waals surface area (Å²) in [7, 11) is 1.77. The molecule has 0 aliphatic rings. The average Bonchev–Trinajstić information content (AvgIpc) is 2.65. The summed E-state index contributed by atoms with van der Waals surface area (Å²) in [6.07, 6.45) is -1.60. The van der Waals surface area contributed by atoms with Crippen molar-refractivity contribution in [1.29, 1.82) is 0 Å². The van der Waals surface area contributed by atoms with Crippen molar-refractivity contribution >= 4 is 11.6 Å². The molecule has 1 aromatic heterocycles. The van der Waals surface area contributed by atoms with Crippen LogP contribution in [0.2, 0.25) is 5.02 Å². The molecule has 0 aliphatic carbocycles. The highest BCUT2D eigenvalue weighted by Crippen LogP contribution is 2.25. The molecule has 2 N–H and O–H groups in total. The zero-order valence-electron chi connectivity index (χ0n) is 10.9. The smallest absolute Gasteiger partial charge is 0.105 e. The number of aryl methyl sites for hydroxylation is 2. The summed E-state index contributed by atoms with van der Waals surface area (Å²) in [4.78, 5) is 0. The summed E-state index contributed by atoms with van der Waals surface area (Å²) in [5.41, 5.74) is 2.13. The molecule has 19 heavy (non-hydrogen) atoms. The molecule has 0 bridgehead atoms. The highest BCUT2D eigenvalue weighted by molar-refractivity contribution is 6.31. The Morgan fingerprint density at radius 3 is 2.42 bits per heavy atom. The van der Waals surface area contributed by atoms with Crippen LogP contribution in [-0.2, 0) is 13.5 Å². The molecule has 0 spiro atoms. The Balaban J connectivity index is 2.15. The van der Waals surface area contributed by atoms with Crippen molar-refractivity contribution in [1.82, 2.24) is 9.78 Å². The summed E-state index contributed by atoms with van der Waals surface area (Å²) in [5, 5.41) is 25.0. The number of rotatable bonds is 4. The molecule has 4 nitrogen and oxygen atoms in total. The van der Waals surface area contributed by atoms with Crippen LogP contribution in [-0.4, -0.2) is 26.1 Å². The van der Waals surface area contributed by atoms with Gasteiger partial charge in [0.2, 0.25) is 0 Å². The minimum Gasteiger partial charge on any atom is -0.390 e. The van der Waals surface area contributed by atoms with E-state index in [-0.39, 0.29) is 6.42 Å². The summed E-state index contributed by atoms with van der Waals surface area (Å²) < 4.78 is 1.64. The Bertz CT molecular complexity index is 554. The third-order valence-electron chi connectivity index (χ3n) is 3.17. The Morgan fingerprint density at radius 1 is 1.26 bits per heavy atom. The number of halogens is 1. The minimum absolute atomic E-state index is 0.256. The maximum absolute atomic E-state index is 10.1. The summed E-state index contributed by atoms with van der Waals surface area (Å²) >= 11 is 6.13. The standard InChI is InChI=1S/C14H17ClN2O2/c1-9-13(15)11(17(2)16-9)8-12(18)14(19)10-6-4-3-5-7-10/h3-7,12,14,18-19H,8H2,1-2H3. The molecule has 5 heteroatoms. The Hall–Kier alpha value is -1.36. The van der Waals surface area contributed by atoms with E-state index in [2.05, 4.69) is 5.10 Å². The van der Waals surface area contributed by atoms with Gasteiger partial charge in [-0.05, 0) is 12.5 Å². The van der Waals surface area contributed by atoms with Crippen molar-refractivity contribution in [2.45, 2.75) is 25.6 Å². The lowest BCUT2D eigenvalue weighted by Crippen LogP contribution is -2.22. The van der Waals surface area contributed by atoms with Crippen LogP contribution in [0.15, 0.2) is 30.3 Å². The topological polar surface area (TPSA) is 58.3 Å². The van der Waals surface area contributed by atoms with Crippen LogP contribution in [0.1, 0.15) is 23.1 Å². The summed E-state index contributed by atoms with van der Waals surface area (Å²) in [5.74, 6) is 0. The van der Waals surface area contributed by atoms with Gasteiger partial charge in [-0.25, -0.2) is 0 Å². The van der Waals surface area contributed by atoms with Gasteiger partial charge in [-0.2, -0.15) is 5.10 Å². The molecule has 0 aliphatic heterocycles. The zero-order valence-corrected chi connectivity index (χ0v) is 11.7. The maximum atomic E-state index is 10.1. The van der Waals surface area contributed by atoms with E-state index in [0.29, 0.717) is 10.6 Å². The van der Waals surface area contributed by atoms with Gasteiger partial charge in [-0.1, -0.05) is 41.9 Å². The van der Waals surface area contributed by atoms with Crippen LogP contribution < -0.4 is 0 Å². The van der Waals surface area contributed by atoms with Crippen LogP contribution in [0.3, 0.4) is 0 Å². The molecule has 2 rings (SSSR count). The van der Waals surface area contributed by atoms with Gasteiger partial charge in [0.15, 0.2) is 0 Å². The molecule has 0 amide bonds. The highest BCUT2D eigenvalue weighted by atomic mass is 35.5. The quantitative estimate of drug-likeness (QED) is 0.901. The fourth-order valence-electron chi connectivity index (χ4n) is 2.08. The average molecular weight is 281 g/mol.